The van der Waals surface area contributed by atoms with E-state index in [2.05, 4.69) is 27.5 Å². The maximum atomic E-state index is 13.1. The van der Waals surface area contributed by atoms with Gasteiger partial charge in [0.05, 0.1) is 6.33 Å². The van der Waals surface area contributed by atoms with Gasteiger partial charge in [-0.3, -0.25) is 4.79 Å². The minimum absolute atomic E-state index is 0.0804. The van der Waals surface area contributed by atoms with E-state index >= 15 is 0 Å². The molecule has 2 amide bonds. The number of hydrogen-bond acceptors (Lipinski definition) is 6. The highest BCUT2D eigenvalue weighted by Gasteiger charge is 2.32. The number of rotatable bonds is 10. The SMILES string of the molecule is Cc1c(COC(=O)C(NC(=O)C(NC(=O)OC(C)(C)C)C(C)C)C(C)C)cccc1C(C)c1cnc[nH]1. The number of nitrogens with zero attached hydrogens (tertiary/aromatic N) is 1. The molecule has 204 valence electrons. The first kappa shape index (κ1) is 29.9. The number of imidazole rings is 1. The van der Waals surface area contributed by atoms with Crippen molar-refractivity contribution in [3.63, 3.8) is 0 Å². The van der Waals surface area contributed by atoms with Crippen LogP contribution in [0.5, 0.6) is 0 Å². The lowest BCUT2D eigenvalue weighted by molar-refractivity contribution is -0.150. The number of H-pyrrole nitrogens is 1. The summed E-state index contributed by atoms with van der Waals surface area (Å²) in [5.74, 6) is -1.35. The van der Waals surface area contributed by atoms with E-state index in [1.165, 1.54) is 0 Å². The molecule has 9 heteroatoms. The van der Waals surface area contributed by atoms with Gasteiger partial charge in [0.25, 0.3) is 0 Å². The number of amides is 2. The monoisotopic (exact) mass is 514 g/mol. The van der Waals surface area contributed by atoms with E-state index in [0.29, 0.717) is 0 Å². The van der Waals surface area contributed by atoms with Crippen molar-refractivity contribution >= 4 is 18.0 Å². The summed E-state index contributed by atoms with van der Waals surface area (Å²) in [7, 11) is 0. The number of hydrogen-bond donors (Lipinski definition) is 3. The summed E-state index contributed by atoms with van der Waals surface area (Å²) in [5.41, 5.74) is 3.33. The Morgan fingerprint density at radius 2 is 1.65 bits per heavy atom. The van der Waals surface area contributed by atoms with Crippen LogP contribution in [-0.2, 0) is 25.7 Å². The molecule has 2 aromatic rings. The van der Waals surface area contributed by atoms with Gasteiger partial charge in [0, 0.05) is 17.8 Å². The van der Waals surface area contributed by atoms with Crippen molar-refractivity contribution in [2.45, 2.75) is 92.5 Å². The highest BCUT2D eigenvalue weighted by atomic mass is 16.6. The van der Waals surface area contributed by atoms with Gasteiger partial charge in [0.1, 0.15) is 24.3 Å². The van der Waals surface area contributed by atoms with Crippen LogP contribution >= 0.6 is 0 Å². The molecule has 1 aromatic carbocycles. The summed E-state index contributed by atoms with van der Waals surface area (Å²) >= 11 is 0. The summed E-state index contributed by atoms with van der Waals surface area (Å²) in [4.78, 5) is 45.6. The first-order chi connectivity index (χ1) is 17.2. The third kappa shape index (κ3) is 8.61. The van der Waals surface area contributed by atoms with Gasteiger partial charge in [0.2, 0.25) is 5.91 Å². The zero-order valence-corrected chi connectivity index (χ0v) is 23.5. The number of esters is 1. The average molecular weight is 515 g/mol. The lowest BCUT2D eigenvalue weighted by Gasteiger charge is -2.28. The molecule has 0 aliphatic rings. The summed E-state index contributed by atoms with van der Waals surface area (Å²) in [6.45, 7) is 16.7. The third-order valence-electron chi connectivity index (χ3n) is 6.15. The quantitative estimate of drug-likeness (QED) is 0.398. The second kappa shape index (κ2) is 12.7. The van der Waals surface area contributed by atoms with E-state index in [0.717, 1.165) is 22.4 Å². The Bertz CT molecular complexity index is 1060. The molecule has 3 atom stereocenters. The van der Waals surface area contributed by atoms with Crippen molar-refractivity contribution in [3.05, 3.63) is 53.1 Å². The van der Waals surface area contributed by atoms with Gasteiger partial charge in [-0.25, -0.2) is 14.6 Å². The maximum absolute atomic E-state index is 13.1. The Hall–Kier alpha value is -3.36. The highest BCUT2D eigenvalue weighted by molar-refractivity contribution is 5.90. The molecule has 37 heavy (non-hydrogen) atoms. The molecular formula is C28H42N4O5. The van der Waals surface area contributed by atoms with Gasteiger partial charge < -0.3 is 25.1 Å². The fourth-order valence-electron chi connectivity index (χ4n) is 3.95. The number of ether oxygens (including phenoxy) is 2. The third-order valence-corrected chi connectivity index (χ3v) is 6.15. The van der Waals surface area contributed by atoms with Crippen LogP contribution in [0.2, 0.25) is 0 Å². The van der Waals surface area contributed by atoms with Crippen molar-refractivity contribution in [3.8, 4) is 0 Å². The van der Waals surface area contributed by atoms with Crippen LogP contribution in [0.25, 0.3) is 0 Å². The molecule has 0 radical (unpaired) electrons. The second-order valence-corrected chi connectivity index (χ2v) is 11.1. The predicted molar refractivity (Wildman–Crippen MR) is 142 cm³/mol. The number of nitrogens with one attached hydrogen (secondary N) is 3. The summed E-state index contributed by atoms with van der Waals surface area (Å²) < 4.78 is 11.0. The molecule has 2 rings (SSSR count). The fourth-order valence-corrected chi connectivity index (χ4v) is 3.95. The number of aromatic amines is 1. The summed E-state index contributed by atoms with van der Waals surface area (Å²) in [5, 5.41) is 5.39. The number of alkyl carbamates (subject to hydrolysis) is 1. The zero-order valence-electron chi connectivity index (χ0n) is 23.5. The predicted octanol–water partition coefficient (Wildman–Crippen LogP) is 4.60. The molecule has 1 aromatic heterocycles. The Morgan fingerprint density at radius 3 is 2.19 bits per heavy atom. The zero-order chi connectivity index (χ0) is 27.9. The number of carbonyl (C=O) groups excluding carboxylic acids is 3. The molecular weight excluding hydrogens is 472 g/mol. The van der Waals surface area contributed by atoms with Crippen molar-refractivity contribution in [2.24, 2.45) is 11.8 Å². The number of carbonyl (C=O) groups is 3. The van der Waals surface area contributed by atoms with Crippen LogP contribution in [0, 0.1) is 18.8 Å². The molecule has 0 bridgehead atoms. The molecule has 9 nitrogen and oxygen atoms in total. The topological polar surface area (TPSA) is 122 Å². The minimum atomic E-state index is -0.874. The van der Waals surface area contributed by atoms with E-state index in [-0.39, 0.29) is 24.4 Å². The van der Waals surface area contributed by atoms with Gasteiger partial charge in [0.15, 0.2) is 0 Å². The lowest BCUT2D eigenvalue weighted by Crippen LogP contribution is -2.55. The van der Waals surface area contributed by atoms with Crippen molar-refractivity contribution in [1.82, 2.24) is 20.6 Å². The Morgan fingerprint density at radius 1 is 1.00 bits per heavy atom. The van der Waals surface area contributed by atoms with Crippen molar-refractivity contribution < 1.29 is 23.9 Å². The lowest BCUT2D eigenvalue weighted by atomic mass is 9.91. The van der Waals surface area contributed by atoms with E-state index in [4.69, 9.17) is 9.47 Å². The molecule has 1 heterocycles. The molecule has 3 N–H and O–H groups in total. The van der Waals surface area contributed by atoms with Crippen LogP contribution in [0.4, 0.5) is 4.79 Å². The van der Waals surface area contributed by atoms with Gasteiger partial charge in [-0.15, -0.1) is 0 Å². The van der Waals surface area contributed by atoms with E-state index in [9.17, 15) is 14.4 Å². The molecule has 0 aliphatic carbocycles. The van der Waals surface area contributed by atoms with Crippen LogP contribution in [-0.4, -0.2) is 45.6 Å². The molecule has 0 saturated carbocycles. The first-order valence-electron chi connectivity index (χ1n) is 12.7. The smallest absolute Gasteiger partial charge is 0.408 e. The van der Waals surface area contributed by atoms with Crippen molar-refractivity contribution in [1.29, 1.82) is 0 Å². The summed E-state index contributed by atoms with van der Waals surface area (Å²) in [6, 6.07) is 4.17. The highest BCUT2D eigenvalue weighted by Crippen LogP contribution is 2.27. The van der Waals surface area contributed by atoms with Gasteiger partial charge in [-0.05, 0) is 56.2 Å². The largest absolute Gasteiger partial charge is 0.459 e. The first-order valence-corrected chi connectivity index (χ1v) is 12.7. The van der Waals surface area contributed by atoms with Crippen molar-refractivity contribution in [2.75, 3.05) is 0 Å². The standard InChI is InChI=1S/C28H42N4O5/c1-16(2)23(32-27(35)37-28(7,8)9)25(33)31-24(17(3)4)26(34)36-14-20-11-10-12-21(18(20)5)19(6)22-13-29-15-30-22/h10-13,15-17,19,23-24H,14H2,1-9H3,(H,29,30)(H,31,33)(H,32,35). The van der Waals surface area contributed by atoms with E-state index < -0.39 is 35.7 Å². The Balaban J connectivity index is 2.09. The van der Waals surface area contributed by atoms with E-state index in [1.54, 1.807) is 33.3 Å². The van der Waals surface area contributed by atoms with Gasteiger partial charge in [-0.1, -0.05) is 52.8 Å². The van der Waals surface area contributed by atoms with Crippen LogP contribution in [0.3, 0.4) is 0 Å². The van der Waals surface area contributed by atoms with Gasteiger partial charge >= 0.3 is 12.1 Å². The van der Waals surface area contributed by atoms with Crippen LogP contribution < -0.4 is 10.6 Å². The molecule has 0 spiro atoms. The van der Waals surface area contributed by atoms with Crippen LogP contribution in [0.1, 0.15) is 83.7 Å². The molecule has 0 saturated heterocycles. The normalized spacial score (nSPS) is 14.1. The maximum Gasteiger partial charge on any atom is 0.408 e. The molecule has 0 aliphatic heterocycles. The minimum Gasteiger partial charge on any atom is -0.459 e. The molecule has 3 unspecified atom stereocenters. The Kier molecular flexibility index (Phi) is 10.3. The fraction of sp³-hybridized carbons (Fsp3) is 0.571. The number of aromatic nitrogens is 2. The number of benzene rings is 1. The van der Waals surface area contributed by atoms with E-state index in [1.807, 2.05) is 52.8 Å². The average Bonchev–Trinajstić information content (AvgIpc) is 3.33. The molecule has 0 fully saturated rings. The Labute approximate surface area is 220 Å². The van der Waals surface area contributed by atoms with Crippen LogP contribution in [0.15, 0.2) is 30.7 Å². The second-order valence-electron chi connectivity index (χ2n) is 11.1. The van der Waals surface area contributed by atoms with Gasteiger partial charge in [-0.2, -0.15) is 0 Å². The summed E-state index contributed by atoms with van der Waals surface area (Å²) in [6.07, 6.45) is 2.76.